The molecule has 0 radical (unpaired) electrons. The maximum atomic E-state index is 13.4. The third-order valence-electron chi connectivity index (χ3n) is 6.94. The number of hydrogen-bond donors (Lipinski definition) is 4. The Morgan fingerprint density at radius 1 is 0.795 bits per heavy atom. The van der Waals surface area contributed by atoms with Gasteiger partial charge in [0, 0.05) is 36.0 Å². The Bertz CT molecular complexity index is 1370. The van der Waals surface area contributed by atoms with Gasteiger partial charge in [-0.3, -0.25) is 14.4 Å². The molecule has 4 rings (SSSR count). The van der Waals surface area contributed by atoms with Gasteiger partial charge in [0.15, 0.2) is 0 Å². The summed E-state index contributed by atoms with van der Waals surface area (Å²) in [6.07, 6.45) is 4.38. The van der Waals surface area contributed by atoms with Crippen LogP contribution in [0.2, 0.25) is 0 Å². The van der Waals surface area contributed by atoms with Crippen molar-refractivity contribution in [3.63, 3.8) is 0 Å². The molecule has 4 N–H and O–H groups in total. The predicted octanol–water partition coefficient (Wildman–Crippen LogP) is 4.67. The second-order valence-corrected chi connectivity index (χ2v) is 9.82. The molecule has 4 aromatic rings. The number of hydrogen-bond acceptors (Lipinski definition) is 3. The number of aromatic amines is 1. The van der Waals surface area contributed by atoms with Crippen molar-refractivity contribution in [3.8, 4) is 0 Å². The number of rotatable bonds is 14. The van der Waals surface area contributed by atoms with E-state index in [1.807, 2.05) is 91.1 Å². The van der Waals surface area contributed by atoms with Crippen LogP contribution in [0, 0.1) is 5.92 Å². The first-order valence-electron chi connectivity index (χ1n) is 13.4. The van der Waals surface area contributed by atoms with E-state index in [-0.39, 0.29) is 18.7 Å². The van der Waals surface area contributed by atoms with Crippen LogP contribution in [-0.2, 0) is 33.6 Å². The van der Waals surface area contributed by atoms with Crippen LogP contribution in [0.25, 0.3) is 10.9 Å². The van der Waals surface area contributed by atoms with Crippen LogP contribution >= 0.6 is 0 Å². The molecule has 202 valence electrons. The number of carboxylic acid groups (broad SMARTS) is 1. The zero-order valence-corrected chi connectivity index (χ0v) is 21.9. The number of amides is 2. The van der Waals surface area contributed by atoms with Crippen molar-refractivity contribution in [1.82, 2.24) is 15.6 Å². The summed E-state index contributed by atoms with van der Waals surface area (Å²) in [5, 5.41) is 16.3. The highest BCUT2D eigenvalue weighted by Crippen LogP contribution is 2.20. The van der Waals surface area contributed by atoms with Crippen molar-refractivity contribution in [1.29, 1.82) is 0 Å². The van der Waals surface area contributed by atoms with Gasteiger partial charge in [0.25, 0.3) is 0 Å². The molecular weight excluding hydrogens is 490 g/mol. The van der Waals surface area contributed by atoms with Crippen LogP contribution in [0.3, 0.4) is 0 Å². The van der Waals surface area contributed by atoms with Crippen LogP contribution < -0.4 is 10.6 Å². The molecule has 0 saturated carbocycles. The topological polar surface area (TPSA) is 111 Å². The predicted molar refractivity (Wildman–Crippen MR) is 152 cm³/mol. The average Bonchev–Trinajstić information content (AvgIpc) is 3.35. The number of carboxylic acids is 1. The van der Waals surface area contributed by atoms with Crippen LogP contribution in [-0.4, -0.2) is 40.5 Å². The first-order valence-corrected chi connectivity index (χ1v) is 13.4. The number of nitrogens with one attached hydrogen (secondary N) is 3. The molecule has 0 aliphatic heterocycles. The van der Waals surface area contributed by atoms with Crippen molar-refractivity contribution < 1.29 is 19.5 Å². The molecule has 3 aromatic carbocycles. The molecule has 7 heteroatoms. The van der Waals surface area contributed by atoms with Gasteiger partial charge in [0.05, 0.1) is 6.42 Å². The molecular formula is C32H35N3O4. The highest BCUT2D eigenvalue weighted by molar-refractivity contribution is 5.91. The second kappa shape index (κ2) is 14.0. The molecule has 2 atom stereocenters. The Hall–Kier alpha value is -4.39. The molecule has 0 bridgehead atoms. The lowest BCUT2D eigenvalue weighted by Crippen LogP contribution is -2.50. The van der Waals surface area contributed by atoms with E-state index in [1.165, 1.54) is 0 Å². The Kier molecular flexibility index (Phi) is 9.89. The fourth-order valence-corrected chi connectivity index (χ4v) is 4.85. The third-order valence-corrected chi connectivity index (χ3v) is 6.94. The Morgan fingerprint density at radius 2 is 1.44 bits per heavy atom. The Balaban J connectivity index is 1.45. The van der Waals surface area contributed by atoms with Crippen molar-refractivity contribution in [3.05, 3.63) is 108 Å². The first-order chi connectivity index (χ1) is 19.0. The van der Waals surface area contributed by atoms with Gasteiger partial charge in [-0.2, -0.15) is 0 Å². The number of H-pyrrole nitrogens is 1. The molecule has 0 fully saturated rings. The van der Waals surface area contributed by atoms with Crippen LogP contribution in [0.5, 0.6) is 0 Å². The highest BCUT2D eigenvalue weighted by atomic mass is 16.4. The van der Waals surface area contributed by atoms with E-state index in [1.54, 1.807) is 0 Å². The summed E-state index contributed by atoms with van der Waals surface area (Å²) in [5.41, 5.74) is 4.11. The van der Waals surface area contributed by atoms with Gasteiger partial charge in [0.2, 0.25) is 11.8 Å². The number of carbonyl (C=O) groups excluding carboxylic acids is 2. The maximum Gasteiger partial charge on any atom is 0.304 e. The minimum Gasteiger partial charge on any atom is -0.481 e. The standard InChI is InChI=1S/C32H35N3O4/c36-30(37)21-25(15-9-14-23-10-3-1-4-11-23)31(38)35-29(20-26-22-34-28-17-8-7-16-27(26)28)32(39)33-19-18-24-12-5-2-6-13-24/h1-8,10-13,16-17,22,25,29,34H,9,14-15,18-21H2,(H,33,39)(H,35,38)(H,36,37)/t25-,29+/m1/s1. The second-order valence-electron chi connectivity index (χ2n) is 9.82. The summed E-state index contributed by atoms with van der Waals surface area (Å²) < 4.78 is 0. The Labute approximate surface area is 228 Å². The van der Waals surface area contributed by atoms with Crippen molar-refractivity contribution >= 4 is 28.7 Å². The van der Waals surface area contributed by atoms with Gasteiger partial charge in [-0.25, -0.2) is 0 Å². The zero-order chi connectivity index (χ0) is 27.5. The van der Waals surface area contributed by atoms with E-state index in [2.05, 4.69) is 15.6 Å². The van der Waals surface area contributed by atoms with Gasteiger partial charge >= 0.3 is 5.97 Å². The number of benzene rings is 3. The van der Waals surface area contributed by atoms with Crippen molar-refractivity contribution in [2.45, 2.75) is 44.6 Å². The van der Waals surface area contributed by atoms with Crippen LogP contribution in [0.15, 0.2) is 91.1 Å². The summed E-state index contributed by atoms with van der Waals surface area (Å²) in [7, 11) is 0. The van der Waals surface area contributed by atoms with Gasteiger partial charge in [-0.05, 0) is 48.4 Å². The molecule has 39 heavy (non-hydrogen) atoms. The number of aromatic nitrogens is 1. The molecule has 0 aliphatic carbocycles. The molecule has 0 aliphatic rings. The number of aliphatic carboxylic acids is 1. The maximum absolute atomic E-state index is 13.4. The van der Waals surface area contributed by atoms with Crippen LogP contribution in [0.4, 0.5) is 0 Å². The molecule has 7 nitrogen and oxygen atoms in total. The van der Waals surface area contributed by atoms with Gasteiger partial charge in [0.1, 0.15) is 6.04 Å². The third kappa shape index (κ3) is 8.30. The molecule has 0 unspecified atom stereocenters. The van der Waals surface area contributed by atoms with E-state index in [4.69, 9.17) is 0 Å². The summed E-state index contributed by atoms with van der Waals surface area (Å²) in [6.45, 7) is 0.429. The fourth-order valence-electron chi connectivity index (χ4n) is 4.85. The lowest BCUT2D eigenvalue weighted by atomic mass is 9.94. The highest BCUT2D eigenvalue weighted by Gasteiger charge is 2.28. The summed E-state index contributed by atoms with van der Waals surface area (Å²) in [4.78, 5) is 41.5. The zero-order valence-electron chi connectivity index (χ0n) is 21.9. The SMILES string of the molecule is O=C(O)C[C@@H](CCCc1ccccc1)C(=O)N[C@@H](Cc1c[nH]c2ccccc12)C(=O)NCCc1ccccc1. The van der Waals surface area contributed by atoms with E-state index < -0.39 is 23.8 Å². The van der Waals surface area contributed by atoms with Gasteiger partial charge < -0.3 is 20.7 Å². The first kappa shape index (κ1) is 27.6. The van der Waals surface area contributed by atoms with Gasteiger partial charge in [-0.1, -0.05) is 78.9 Å². The number of para-hydroxylation sites is 1. The quantitative estimate of drug-likeness (QED) is 0.192. The van der Waals surface area contributed by atoms with Crippen molar-refractivity contribution in [2.75, 3.05) is 6.54 Å². The average molecular weight is 526 g/mol. The number of fused-ring (bicyclic) bond motifs is 1. The summed E-state index contributed by atoms with van der Waals surface area (Å²) in [6, 6.07) is 26.7. The molecule has 2 amide bonds. The number of carbonyl (C=O) groups is 3. The van der Waals surface area contributed by atoms with Gasteiger partial charge in [-0.15, -0.1) is 0 Å². The smallest absolute Gasteiger partial charge is 0.304 e. The molecule has 0 saturated heterocycles. The fraction of sp³-hybridized carbons (Fsp3) is 0.281. The number of aryl methyl sites for hydroxylation is 1. The van der Waals surface area contributed by atoms with Crippen molar-refractivity contribution in [2.24, 2.45) is 5.92 Å². The molecule has 0 spiro atoms. The minimum atomic E-state index is -1.03. The van der Waals surface area contributed by atoms with E-state index in [0.29, 0.717) is 25.8 Å². The van der Waals surface area contributed by atoms with Crippen LogP contribution in [0.1, 0.15) is 36.0 Å². The van der Waals surface area contributed by atoms with E-state index in [9.17, 15) is 19.5 Å². The summed E-state index contributed by atoms with van der Waals surface area (Å²) in [5.74, 6) is -2.46. The normalized spacial score (nSPS) is 12.5. The lowest BCUT2D eigenvalue weighted by molar-refractivity contribution is -0.141. The lowest BCUT2D eigenvalue weighted by Gasteiger charge is -2.22. The largest absolute Gasteiger partial charge is 0.481 e. The Morgan fingerprint density at radius 3 is 2.13 bits per heavy atom. The summed E-state index contributed by atoms with van der Waals surface area (Å²) >= 11 is 0. The molecule has 1 heterocycles. The monoisotopic (exact) mass is 525 g/mol. The van der Waals surface area contributed by atoms with E-state index in [0.717, 1.165) is 34.0 Å². The van der Waals surface area contributed by atoms with E-state index >= 15 is 0 Å². The molecule has 1 aromatic heterocycles. The minimum absolute atomic E-state index is 0.282.